The quantitative estimate of drug-likeness (QED) is 0.829. The molecule has 0 saturated heterocycles. The summed E-state index contributed by atoms with van der Waals surface area (Å²) < 4.78 is 5.85. The lowest BCUT2D eigenvalue weighted by molar-refractivity contribution is 0.209. The first-order chi connectivity index (χ1) is 9.28. The van der Waals surface area contributed by atoms with Gasteiger partial charge in [-0.3, -0.25) is 0 Å². The van der Waals surface area contributed by atoms with Crippen molar-refractivity contribution in [3.05, 3.63) is 29.8 Å². The minimum atomic E-state index is -0.172. The fraction of sp³-hybridized carbons (Fsp3) is 0.625. The van der Waals surface area contributed by atoms with E-state index in [1.807, 2.05) is 24.3 Å². The molecule has 1 unspecified atom stereocenters. The summed E-state index contributed by atoms with van der Waals surface area (Å²) in [5.74, 6) is 1.67. The van der Waals surface area contributed by atoms with Crippen LogP contribution in [0.15, 0.2) is 24.3 Å². The van der Waals surface area contributed by atoms with Crippen LogP contribution in [-0.4, -0.2) is 24.4 Å². The van der Waals surface area contributed by atoms with Crippen LogP contribution < -0.4 is 10.5 Å². The lowest BCUT2D eigenvalue weighted by Gasteiger charge is -2.21. The molecular formula is C16H25NO2. The summed E-state index contributed by atoms with van der Waals surface area (Å²) in [4.78, 5) is 0. The maximum atomic E-state index is 8.93. The molecule has 1 aromatic rings. The van der Waals surface area contributed by atoms with Crippen molar-refractivity contribution in [2.45, 2.75) is 44.6 Å². The molecule has 0 amide bonds. The third kappa shape index (κ3) is 4.84. The molecule has 0 bridgehead atoms. The van der Waals surface area contributed by atoms with Crippen LogP contribution in [0.1, 0.15) is 37.7 Å². The third-order valence-electron chi connectivity index (χ3n) is 3.87. The lowest BCUT2D eigenvalue weighted by atomic mass is 9.90. The molecular weight excluding hydrogens is 238 g/mol. The molecule has 3 N–H and O–H groups in total. The fourth-order valence-corrected chi connectivity index (χ4v) is 2.66. The topological polar surface area (TPSA) is 55.5 Å². The summed E-state index contributed by atoms with van der Waals surface area (Å²) >= 11 is 0. The van der Waals surface area contributed by atoms with Gasteiger partial charge in [0.15, 0.2) is 0 Å². The Bertz CT molecular complexity index is 358. The van der Waals surface area contributed by atoms with Crippen LogP contribution in [0.2, 0.25) is 0 Å². The minimum Gasteiger partial charge on any atom is -0.493 e. The Kier molecular flexibility index (Phi) is 5.67. The van der Waals surface area contributed by atoms with E-state index in [1.165, 1.54) is 32.1 Å². The zero-order valence-electron chi connectivity index (χ0n) is 11.6. The molecule has 1 aliphatic carbocycles. The smallest absolute Gasteiger partial charge is 0.119 e. The molecule has 1 atom stereocenters. The van der Waals surface area contributed by atoms with Crippen molar-refractivity contribution in [3.63, 3.8) is 0 Å². The van der Waals surface area contributed by atoms with E-state index in [9.17, 15) is 0 Å². The second-order valence-corrected chi connectivity index (χ2v) is 5.61. The number of rotatable bonds is 6. The van der Waals surface area contributed by atoms with Crippen LogP contribution in [0, 0.1) is 5.92 Å². The van der Waals surface area contributed by atoms with Gasteiger partial charge in [0.05, 0.1) is 13.2 Å². The molecule has 3 heteroatoms. The summed E-state index contributed by atoms with van der Waals surface area (Å²) in [5.41, 5.74) is 6.86. The van der Waals surface area contributed by atoms with E-state index in [4.69, 9.17) is 15.6 Å². The number of aliphatic hydroxyl groups excluding tert-OH is 1. The van der Waals surface area contributed by atoms with Gasteiger partial charge in [-0.25, -0.2) is 0 Å². The number of ether oxygens (including phenoxy) is 1. The Labute approximate surface area is 115 Å². The van der Waals surface area contributed by atoms with E-state index in [2.05, 4.69) is 0 Å². The predicted octanol–water partition coefficient (Wildman–Crippen LogP) is 2.51. The largest absolute Gasteiger partial charge is 0.493 e. The Morgan fingerprint density at radius 3 is 2.47 bits per heavy atom. The standard InChI is InChI=1S/C16H25NO2/c17-15(11-18)10-13-6-8-16(9-7-13)19-12-14-4-2-1-3-5-14/h6-9,14-15,18H,1-5,10-12,17H2. The zero-order valence-corrected chi connectivity index (χ0v) is 11.6. The van der Waals surface area contributed by atoms with Crippen molar-refractivity contribution < 1.29 is 9.84 Å². The van der Waals surface area contributed by atoms with Crippen LogP contribution in [0.25, 0.3) is 0 Å². The van der Waals surface area contributed by atoms with E-state index < -0.39 is 0 Å². The molecule has 0 radical (unpaired) electrons. The monoisotopic (exact) mass is 263 g/mol. The van der Waals surface area contributed by atoms with Crippen molar-refractivity contribution in [3.8, 4) is 5.75 Å². The Morgan fingerprint density at radius 1 is 1.16 bits per heavy atom. The summed E-state index contributed by atoms with van der Waals surface area (Å²) in [7, 11) is 0. The van der Waals surface area contributed by atoms with Gasteiger partial charge in [0.1, 0.15) is 5.75 Å². The average Bonchev–Trinajstić information content (AvgIpc) is 2.47. The highest BCUT2D eigenvalue weighted by molar-refractivity contribution is 5.27. The summed E-state index contributed by atoms with van der Waals surface area (Å²) in [5, 5.41) is 8.93. The molecule has 3 nitrogen and oxygen atoms in total. The van der Waals surface area contributed by atoms with E-state index >= 15 is 0 Å². The highest BCUT2D eigenvalue weighted by atomic mass is 16.5. The highest BCUT2D eigenvalue weighted by Gasteiger charge is 2.13. The van der Waals surface area contributed by atoms with E-state index in [0.29, 0.717) is 6.42 Å². The van der Waals surface area contributed by atoms with Crippen LogP contribution >= 0.6 is 0 Å². The Hall–Kier alpha value is -1.06. The van der Waals surface area contributed by atoms with Gasteiger partial charge in [-0.05, 0) is 42.9 Å². The van der Waals surface area contributed by atoms with Crippen LogP contribution in [0.3, 0.4) is 0 Å². The molecule has 0 aliphatic heterocycles. The molecule has 1 aliphatic rings. The molecule has 1 saturated carbocycles. The van der Waals surface area contributed by atoms with Gasteiger partial charge in [-0.1, -0.05) is 31.4 Å². The summed E-state index contributed by atoms with van der Waals surface area (Å²) in [6.45, 7) is 0.870. The van der Waals surface area contributed by atoms with Crippen molar-refractivity contribution in [2.75, 3.05) is 13.2 Å². The van der Waals surface area contributed by atoms with E-state index in [-0.39, 0.29) is 12.6 Å². The maximum Gasteiger partial charge on any atom is 0.119 e. The molecule has 0 spiro atoms. The SMILES string of the molecule is NC(CO)Cc1ccc(OCC2CCCCC2)cc1. The number of hydrogen-bond donors (Lipinski definition) is 2. The minimum absolute atomic E-state index is 0.0277. The Balaban J connectivity index is 1.77. The van der Waals surface area contributed by atoms with Gasteiger partial charge in [0.25, 0.3) is 0 Å². The van der Waals surface area contributed by atoms with Crippen LogP contribution in [0.4, 0.5) is 0 Å². The third-order valence-corrected chi connectivity index (χ3v) is 3.87. The molecule has 2 rings (SSSR count). The molecule has 1 aromatic carbocycles. The molecule has 0 heterocycles. The molecule has 1 fully saturated rings. The zero-order chi connectivity index (χ0) is 13.5. The van der Waals surface area contributed by atoms with Gasteiger partial charge in [0.2, 0.25) is 0 Å². The second kappa shape index (κ2) is 7.51. The molecule has 19 heavy (non-hydrogen) atoms. The number of hydrogen-bond acceptors (Lipinski definition) is 3. The van der Waals surface area contributed by atoms with Crippen molar-refractivity contribution in [1.82, 2.24) is 0 Å². The summed E-state index contributed by atoms with van der Waals surface area (Å²) in [6.07, 6.45) is 7.42. The van der Waals surface area contributed by atoms with Gasteiger partial charge < -0.3 is 15.6 Å². The highest BCUT2D eigenvalue weighted by Crippen LogP contribution is 2.24. The predicted molar refractivity (Wildman–Crippen MR) is 77.3 cm³/mol. The first kappa shape index (κ1) is 14.4. The number of benzene rings is 1. The van der Waals surface area contributed by atoms with Crippen LogP contribution in [0.5, 0.6) is 5.75 Å². The maximum absolute atomic E-state index is 8.93. The fourth-order valence-electron chi connectivity index (χ4n) is 2.66. The first-order valence-corrected chi connectivity index (χ1v) is 7.36. The van der Waals surface area contributed by atoms with Gasteiger partial charge in [-0.15, -0.1) is 0 Å². The average molecular weight is 263 g/mol. The van der Waals surface area contributed by atoms with Crippen molar-refractivity contribution in [2.24, 2.45) is 11.7 Å². The second-order valence-electron chi connectivity index (χ2n) is 5.61. The van der Waals surface area contributed by atoms with E-state index in [1.54, 1.807) is 0 Å². The van der Waals surface area contributed by atoms with Gasteiger partial charge in [-0.2, -0.15) is 0 Å². The first-order valence-electron chi connectivity index (χ1n) is 7.36. The molecule has 0 aromatic heterocycles. The Morgan fingerprint density at radius 2 is 1.84 bits per heavy atom. The number of nitrogens with two attached hydrogens (primary N) is 1. The normalized spacial score (nSPS) is 18.2. The lowest BCUT2D eigenvalue weighted by Crippen LogP contribution is -2.26. The van der Waals surface area contributed by atoms with E-state index in [0.717, 1.165) is 23.8 Å². The number of aliphatic hydroxyl groups is 1. The van der Waals surface area contributed by atoms with Gasteiger partial charge in [0, 0.05) is 6.04 Å². The van der Waals surface area contributed by atoms with Crippen LogP contribution in [-0.2, 0) is 6.42 Å². The van der Waals surface area contributed by atoms with Crippen molar-refractivity contribution >= 4 is 0 Å². The molecule has 106 valence electrons. The summed E-state index contributed by atoms with van der Waals surface area (Å²) in [6, 6.07) is 7.90. The van der Waals surface area contributed by atoms with Crippen molar-refractivity contribution in [1.29, 1.82) is 0 Å². The van der Waals surface area contributed by atoms with Gasteiger partial charge >= 0.3 is 0 Å².